The Morgan fingerprint density at radius 3 is 2.70 bits per heavy atom. The van der Waals surface area contributed by atoms with Crippen LogP contribution in [0.15, 0.2) is 36.9 Å². The summed E-state index contributed by atoms with van der Waals surface area (Å²) in [5, 5.41) is 3.23. The van der Waals surface area contributed by atoms with Gasteiger partial charge in [-0.05, 0) is 31.3 Å². The molecular weight excluding hydrogens is 288 g/mol. The molecular formula is C18H26N4O. The zero-order valence-corrected chi connectivity index (χ0v) is 13.9. The minimum atomic E-state index is 0.146. The van der Waals surface area contributed by atoms with Crippen molar-refractivity contribution in [3.63, 3.8) is 0 Å². The standard InChI is InChI=1S/C18H26N4O/c1-3-8-19-16-6-4-15(5-7-16)18(23)22-12-11-21-10-9-20(2)13-17(21)14-22/h3-7,17,19H,1,8-14H2,2H3/t17-/m1/s1. The maximum absolute atomic E-state index is 12.7. The lowest BCUT2D eigenvalue weighted by Crippen LogP contribution is -2.62. The molecule has 1 aromatic rings. The number of benzene rings is 1. The van der Waals surface area contributed by atoms with Crippen LogP contribution in [0.1, 0.15) is 10.4 Å². The van der Waals surface area contributed by atoms with E-state index >= 15 is 0 Å². The van der Waals surface area contributed by atoms with Crippen LogP contribution in [0.4, 0.5) is 5.69 Å². The van der Waals surface area contributed by atoms with Crippen LogP contribution in [0, 0.1) is 0 Å². The monoisotopic (exact) mass is 314 g/mol. The molecule has 2 heterocycles. The number of carbonyl (C=O) groups excluding carboxylic acids is 1. The first-order valence-corrected chi connectivity index (χ1v) is 8.34. The predicted octanol–water partition coefficient (Wildman–Crippen LogP) is 1.36. The fourth-order valence-corrected chi connectivity index (χ4v) is 3.40. The largest absolute Gasteiger partial charge is 0.382 e. The molecule has 0 bridgehead atoms. The third-order valence-electron chi connectivity index (χ3n) is 4.77. The van der Waals surface area contributed by atoms with Gasteiger partial charge < -0.3 is 15.1 Å². The number of amides is 1. The number of likely N-dealkylation sites (N-methyl/N-ethyl adjacent to an activating group) is 1. The van der Waals surface area contributed by atoms with E-state index < -0.39 is 0 Å². The number of nitrogens with one attached hydrogen (secondary N) is 1. The zero-order chi connectivity index (χ0) is 16.2. The molecule has 1 N–H and O–H groups in total. The highest BCUT2D eigenvalue weighted by molar-refractivity contribution is 5.94. The molecule has 0 radical (unpaired) electrons. The van der Waals surface area contributed by atoms with E-state index in [9.17, 15) is 4.79 Å². The first-order chi connectivity index (χ1) is 11.2. The SMILES string of the molecule is C=CCNc1ccc(C(=O)N2CCN3CCN(C)C[C@@H]3C2)cc1. The van der Waals surface area contributed by atoms with Gasteiger partial charge >= 0.3 is 0 Å². The lowest BCUT2D eigenvalue weighted by Gasteiger charge is -2.46. The maximum atomic E-state index is 12.7. The summed E-state index contributed by atoms with van der Waals surface area (Å²) in [4.78, 5) is 19.6. The molecule has 1 atom stereocenters. The van der Waals surface area contributed by atoms with E-state index in [0.29, 0.717) is 6.04 Å². The Balaban J connectivity index is 1.62. The molecule has 1 aromatic carbocycles. The second kappa shape index (κ2) is 7.15. The average molecular weight is 314 g/mol. The second-order valence-corrected chi connectivity index (χ2v) is 6.45. The highest BCUT2D eigenvalue weighted by atomic mass is 16.2. The molecule has 0 spiro atoms. The Morgan fingerprint density at radius 2 is 1.96 bits per heavy atom. The molecule has 0 aromatic heterocycles. The summed E-state index contributed by atoms with van der Waals surface area (Å²) in [7, 11) is 2.16. The molecule has 124 valence electrons. The van der Waals surface area contributed by atoms with Crippen LogP contribution in [-0.2, 0) is 0 Å². The van der Waals surface area contributed by atoms with Crippen LogP contribution in [-0.4, -0.2) is 79.5 Å². The topological polar surface area (TPSA) is 38.8 Å². The van der Waals surface area contributed by atoms with E-state index in [2.05, 4.69) is 28.7 Å². The van der Waals surface area contributed by atoms with E-state index in [1.54, 1.807) is 0 Å². The summed E-state index contributed by atoms with van der Waals surface area (Å²) in [5.74, 6) is 0.146. The fraction of sp³-hybridized carbons (Fsp3) is 0.500. The van der Waals surface area contributed by atoms with Crippen LogP contribution in [0.5, 0.6) is 0 Å². The number of nitrogens with zero attached hydrogens (tertiary/aromatic N) is 3. The van der Waals surface area contributed by atoms with Crippen LogP contribution in [0.2, 0.25) is 0 Å². The zero-order valence-electron chi connectivity index (χ0n) is 13.9. The van der Waals surface area contributed by atoms with Gasteiger partial charge in [-0.15, -0.1) is 6.58 Å². The van der Waals surface area contributed by atoms with Gasteiger partial charge in [0, 0.05) is 63.1 Å². The third-order valence-corrected chi connectivity index (χ3v) is 4.77. The molecule has 2 aliphatic heterocycles. The van der Waals surface area contributed by atoms with E-state index in [1.165, 1.54) is 0 Å². The van der Waals surface area contributed by atoms with Crippen LogP contribution in [0.25, 0.3) is 0 Å². The van der Waals surface area contributed by atoms with Crippen molar-refractivity contribution in [3.05, 3.63) is 42.5 Å². The Hall–Kier alpha value is -1.85. The summed E-state index contributed by atoms with van der Waals surface area (Å²) in [5.41, 5.74) is 1.78. The second-order valence-electron chi connectivity index (χ2n) is 6.45. The van der Waals surface area contributed by atoms with Gasteiger partial charge in [0.25, 0.3) is 5.91 Å². The summed E-state index contributed by atoms with van der Waals surface area (Å²) < 4.78 is 0. The summed E-state index contributed by atoms with van der Waals surface area (Å²) in [6.07, 6.45) is 1.82. The van der Waals surface area contributed by atoms with E-state index in [0.717, 1.165) is 57.1 Å². The van der Waals surface area contributed by atoms with Crippen molar-refractivity contribution >= 4 is 11.6 Å². The lowest BCUT2D eigenvalue weighted by molar-refractivity contribution is 0.0190. The number of hydrogen-bond acceptors (Lipinski definition) is 4. The summed E-state index contributed by atoms with van der Waals surface area (Å²) >= 11 is 0. The van der Waals surface area contributed by atoms with Crippen molar-refractivity contribution in [3.8, 4) is 0 Å². The molecule has 5 nitrogen and oxygen atoms in total. The van der Waals surface area contributed by atoms with Crippen molar-refractivity contribution in [2.24, 2.45) is 0 Å². The Kier molecular flexibility index (Phi) is 4.98. The minimum absolute atomic E-state index is 0.146. The third kappa shape index (κ3) is 3.74. The normalized spacial score (nSPS) is 22.5. The molecule has 0 saturated carbocycles. The van der Waals surface area contributed by atoms with E-state index in [-0.39, 0.29) is 5.91 Å². The maximum Gasteiger partial charge on any atom is 0.253 e. The van der Waals surface area contributed by atoms with Gasteiger partial charge in [0.2, 0.25) is 0 Å². The molecule has 2 saturated heterocycles. The van der Waals surface area contributed by atoms with Gasteiger partial charge in [-0.25, -0.2) is 0 Å². The van der Waals surface area contributed by atoms with Crippen LogP contribution >= 0.6 is 0 Å². The Bertz CT molecular complexity index is 557. The summed E-state index contributed by atoms with van der Waals surface area (Å²) in [6.45, 7) is 10.4. The highest BCUT2D eigenvalue weighted by Gasteiger charge is 2.32. The molecule has 23 heavy (non-hydrogen) atoms. The molecule has 5 heteroatoms. The van der Waals surface area contributed by atoms with Gasteiger partial charge in [0.15, 0.2) is 0 Å². The first-order valence-electron chi connectivity index (χ1n) is 8.34. The quantitative estimate of drug-likeness (QED) is 0.852. The van der Waals surface area contributed by atoms with Gasteiger partial charge in [-0.1, -0.05) is 6.08 Å². The van der Waals surface area contributed by atoms with Crippen molar-refractivity contribution in [2.45, 2.75) is 6.04 Å². The number of piperazine rings is 2. The fourth-order valence-electron chi connectivity index (χ4n) is 3.40. The number of rotatable bonds is 4. The van der Waals surface area contributed by atoms with Crippen molar-refractivity contribution in [1.82, 2.24) is 14.7 Å². The van der Waals surface area contributed by atoms with Crippen molar-refractivity contribution in [2.75, 3.05) is 58.2 Å². The van der Waals surface area contributed by atoms with Gasteiger partial charge in [0.1, 0.15) is 0 Å². The van der Waals surface area contributed by atoms with Gasteiger partial charge in [-0.2, -0.15) is 0 Å². The number of carbonyl (C=O) groups is 1. The Morgan fingerprint density at radius 1 is 1.22 bits per heavy atom. The van der Waals surface area contributed by atoms with E-state index in [4.69, 9.17) is 0 Å². The lowest BCUT2D eigenvalue weighted by atomic mass is 10.1. The number of hydrogen-bond donors (Lipinski definition) is 1. The highest BCUT2D eigenvalue weighted by Crippen LogP contribution is 2.18. The van der Waals surface area contributed by atoms with Crippen molar-refractivity contribution in [1.29, 1.82) is 0 Å². The predicted molar refractivity (Wildman–Crippen MR) is 93.9 cm³/mol. The van der Waals surface area contributed by atoms with Crippen molar-refractivity contribution < 1.29 is 4.79 Å². The van der Waals surface area contributed by atoms with Crippen LogP contribution < -0.4 is 5.32 Å². The smallest absolute Gasteiger partial charge is 0.253 e. The van der Waals surface area contributed by atoms with Gasteiger partial charge in [-0.3, -0.25) is 9.69 Å². The minimum Gasteiger partial charge on any atom is -0.382 e. The van der Waals surface area contributed by atoms with Gasteiger partial charge in [0.05, 0.1) is 0 Å². The Labute approximate surface area is 138 Å². The molecule has 2 fully saturated rings. The molecule has 3 rings (SSSR count). The molecule has 0 aliphatic carbocycles. The summed E-state index contributed by atoms with van der Waals surface area (Å²) in [6, 6.07) is 8.21. The molecule has 1 amide bonds. The average Bonchev–Trinajstić information content (AvgIpc) is 2.59. The molecule has 2 aliphatic rings. The molecule has 0 unspecified atom stereocenters. The van der Waals surface area contributed by atoms with Crippen LogP contribution in [0.3, 0.4) is 0 Å². The number of anilines is 1. The first kappa shape index (κ1) is 16.0. The number of fused-ring (bicyclic) bond motifs is 1. The van der Waals surface area contributed by atoms with E-state index in [1.807, 2.05) is 35.2 Å².